The highest BCUT2D eigenvalue weighted by Crippen LogP contribution is 2.42. The largest absolute Gasteiger partial charge is 0.380 e. The predicted molar refractivity (Wildman–Crippen MR) is 129 cm³/mol. The minimum absolute atomic E-state index is 0.249. The number of fused-ring (bicyclic) bond motifs is 1. The zero-order valence-electron chi connectivity index (χ0n) is 19.9. The van der Waals surface area contributed by atoms with Crippen LogP contribution in [0.15, 0.2) is 30.5 Å². The molecule has 7 nitrogen and oxygen atoms in total. The van der Waals surface area contributed by atoms with Crippen LogP contribution in [0.4, 0.5) is 5.95 Å². The molecule has 0 atom stereocenters. The van der Waals surface area contributed by atoms with Crippen molar-refractivity contribution in [3.8, 4) is 0 Å². The summed E-state index contributed by atoms with van der Waals surface area (Å²) in [7, 11) is 1.71. The van der Waals surface area contributed by atoms with Crippen molar-refractivity contribution >= 4 is 22.8 Å². The average molecular weight is 448 g/mol. The molecule has 4 heterocycles. The standard InChI is InChI=1S/C26H33N5O2/c1-18-13-19(2)29-25(28-18)30-11-8-26(9-12-30)7-4-10-31(24(26)32)16-21-15-27-23-6-5-20(17-33-3)14-22(21)23/h5-6,13-15,27H,4,7-12,16-17H2,1-3H3. The van der Waals surface area contributed by atoms with Crippen molar-refractivity contribution in [1.29, 1.82) is 0 Å². The summed E-state index contributed by atoms with van der Waals surface area (Å²) in [5.41, 5.74) is 5.16. The summed E-state index contributed by atoms with van der Waals surface area (Å²) in [6.07, 6.45) is 5.82. The minimum atomic E-state index is -0.249. The first-order valence-electron chi connectivity index (χ1n) is 11.9. The molecular formula is C26H33N5O2. The normalized spacial score (nSPS) is 18.5. The number of ether oxygens (including phenoxy) is 1. The molecule has 174 valence electrons. The molecule has 2 aromatic heterocycles. The number of methoxy groups -OCH3 is 1. The minimum Gasteiger partial charge on any atom is -0.380 e. The number of hydrogen-bond acceptors (Lipinski definition) is 5. The average Bonchev–Trinajstić information content (AvgIpc) is 3.19. The summed E-state index contributed by atoms with van der Waals surface area (Å²) < 4.78 is 5.30. The van der Waals surface area contributed by atoms with E-state index in [0.29, 0.717) is 19.1 Å². The van der Waals surface area contributed by atoms with E-state index in [9.17, 15) is 4.79 Å². The third-order valence-corrected chi connectivity index (χ3v) is 7.30. The molecule has 1 N–H and O–H groups in total. The van der Waals surface area contributed by atoms with Crippen LogP contribution in [0.2, 0.25) is 0 Å². The molecular weight excluding hydrogens is 414 g/mol. The highest BCUT2D eigenvalue weighted by atomic mass is 16.5. The van der Waals surface area contributed by atoms with Gasteiger partial charge in [0, 0.05) is 61.8 Å². The number of nitrogens with one attached hydrogen (secondary N) is 1. The lowest BCUT2D eigenvalue weighted by Gasteiger charge is -2.46. The number of hydrogen-bond donors (Lipinski definition) is 1. The second-order valence-electron chi connectivity index (χ2n) is 9.68. The molecule has 0 radical (unpaired) electrons. The molecule has 0 saturated carbocycles. The quantitative estimate of drug-likeness (QED) is 0.637. The SMILES string of the molecule is COCc1ccc2[nH]cc(CN3CCCC4(CCN(c5nc(C)cc(C)n5)CC4)C3=O)c2c1. The topological polar surface area (TPSA) is 74.3 Å². The van der Waals surface area contributed by atoms with Crippen LogP contribution in [0.3, 0.4) is 0 Å². The number of benzene rings is 1. The van der Waals surface area contributed by atoms with E-state index >= 15 is 0 Å². The van der Waals surface area contributed by atoms with Crippen molar-refractivity contribution in [3.05, 3.63) is 53.0 Å². The molecule has 3 aromatic rings. The van der Waals surface area contributed by atoms with Gasteiger partial charge in [-0.3, -0.25) is 4.79 Å². The Labute approximate surface area is 195 Å². The first-order valence-corrected chi connectivity index (χ1v) is 11.9. The lowest BCUT2D eigenvalue weighted by atomic mass is 9.71. The van der Waals surface area contributed by atoms with E-state index in [1.165, 1.54) is 10.9 Å². The van der Waals surface area contributed by atoms with E-state index in [0.717, 1.165) is 73.7 Å². The Bertz CT molecular complexity index is 1140. The van der Waals surface area contributed by atoms with Gasteiger partial charge in [-0.2, -0.15) is 0 Å². The van der Waals surface area contributed by atoms with Crippen molar-refractivity contribution < 1.29 is 9.53 Å². The van der Waals surface area contributed by atoms with Crippen LogP contribution in [0.1, 0.15) is 48.2 Å². The number of aromatic nitrogens is 3. The highest BCUT2D eigenvalue weighted by Gasteiger charge is 2.46. The van der Waals surface area contributed by atoms with Gasteiger partial charge in [-0.05, 0) is 68.9 Å². The maximum atomic E-state index is 13.7. The molecule has 5 rings (SSSR count). The third-order valence-electron chi connectivity index (χ3n) is 7.30. The zero-order valence-corrected chi connectivity index (χ0v) is 19.9. The van der Waals surface area contributed by atoms with Gasteiger partial charge >= 0.3 is 0 Å². The van der Waals surface area contributed by atoms with E-state index in [4.69, 9.17) is 4.74 Å². The lowest BCUT2D eigenvalue weighted by Crippen LogP contribution is -2.53. The molecule has 2 aliphatic rings. The van der Waals surface area contributed by atoms with Crippen molar-refractivity contribution in [2.24, 2.45) is 5.41 Å². The van der Waals surface area contributed by atoms with Crippen molar-refractivity contribution in [1.82, 2.24) is 19.9 Å². The molecule has 1 aromatic carbocycles. The van der Waals surface area contributed by atoms with Crippen LogP contribution >= 0.6 is 0 Å². The van der Waals surface area contributed by atoms with Crippen molar-refractivity contribution in [3.63, 3.8) is 0 Å². The van der Waals surface area contributed by atoms with Crippen molar-refractivity contribution in [2.45, 2.75) is 52.7 Å². The molecule has 0 unspecified atom stereocenters. The van der Waals surface area contributed by atoms with Crippen LogP contribution in [-0.4, -0.2) is 52.5 Å². The molecule has 1 amide bonds. The Balaban J connectivity index is 1.31. The van der Waals surface area contributed by atoms with E-state index in [-0.39, 0.29) is 5.41 Å². The monoisotopic (exact) mass is 447 g/mol. The number of carbonyl (C=O) groups is 1. The lowest BCUT2D eigenvalue weighted by molar-refractivity contribution is -0.148. The van der Waals surface area contributed by atoms with E-state index in [1.807, 2.05) is 19.9 Å². The molecule has 2 saturated heterocycles. The summed E-state index contributed by atoms with van der Waals surface area (Å²) in [5, 5.41) is 1.18. The second kappa shape index (κ2) is 8.78. The van der Waals surface area contributed by atoms with E-state index < -0.39 is 0 Å². The van der Waals surface area contributed by atoms with Gasteiger partial charge in [0.1, 0.15) is 0 Å². The van der Waals surface area contributed by atoms with Crippen LogP contribution in [-0.2, 0) is 22.7 Å². The fourth-order valence-electron chi connectivity index (χ4n) is 5.57. The number of anilines is 1. The van der Waals surface area contributed by atoms with Crippen LogP contribution in [0.25, 0.3) is 10.9 Å². The van der Waals surface area contributed by atoms with Gasteiger partial charge in [-0.1, -0.05) is 6.07 Å². The van der Waals surface area contributed by atoms with Gasteiger partial charge in [-0.15, -0.1) is 0 Å². The van der Waals surface area contributed by atoms with Gasteiger partial charge in [0.15, 0.2) is 0 Å². The molecule has 2 fully saturated rings. The Hall–Kier alpha value is -2.93. The number of piperidine rings is 2. The number of rotatable bonds is 5. The smallest absolute Gasteiger partial charge is 0.229 e. The molecule has 0 bridgehead atoms. The molecule has 1 spiro atoms. The van der Waals surface area contributed by atoms with Gasteiger partial charge in [0.25, 0.3) is 0 Å². The predicted octanol–water partition coefficient (Wildman–Crippen LogP) is 4.13. The molecule has 33 heavy (non-hydrogen) atoms. The van der Waals surface area contributed by atoms with Gasteiger partial charge in [0.05, 0.1) is 12.0 Å². The van der Waals surface area contributed by atoms with Crippen LogP contribution in [0, 0.1) is 19.3 Å². The maximum absolute atomic E-state index is 13.7. The summed E-state index contributed by atoms with van der Waals surface area (Å²) in [4.78, 5) is 30.7. The number of H-pyrrole nitrogens is 1. The fraction of sp³-hybridized carbons (Fsp3) is 0.500. The van der Waals surface area contributed by atoms with Crippen molar-refractivity contribution in [2.75, 3.05) is 31.6 Å². The molecule has 7 heteroatoms. The Morgan fingerprint density at radius 1 is 1.06 bits per heavy atom. The summed E-state index contributed by atoms with van der Waals surface area (Å²) >= 11 is 0. The number of aromatic amines is 1. The molecule has 2 aliphatic heterocycles. The number of nitrogens with zero attached hydrogens (tertiary/aromatic N) is 4. The number of aryl methyl sites for hydroxylation is 2. The second-order valence-corrected chi connectivity index (χ2v) is 9.68. The third kappa shape index (κ3) is 4.22. The van der Waals surface area contributed by atoms with Gasteiger partial charge < -0.3 is 19.5 Å². The van der Waals surface area contributed by atoms with E-state index in [2.05, 4.69) is 49.1 Å². The summed E-state index contributed by atoms with van der Waals surface area (Å²) in [6.45, 7) is 7.75. The van der Waals surface area contributed by atoms with Crippen LogP contribution < -0.4 is 4.90 Å². The summed E-state index contributed by atoms with van der Waals surface area (Å²) in [5.74, 6) is 1.12. The Kier molecular flexibility index (Phi) is 5.83. The number of likely N-dealkylation sites (tertiary alicyclic amines) is 1. The number of carbonyl (C=O) groups excluding carboxylic acids is 1. The highest BCUT2D eigenvalue weighted by molar-refractivity contribution is 5.86. The first-order chi connectivity index (χ1) is 16.0. The van der Waals surface area contributed by atoms with Gasteiger partial charge in [-0.25, -0.2) is 9.97 Å². The van der Waals surface area contributed by atoms with Crippen LogP contribution in [0.5, 0.6) is 0 Å². The number of amides is 1. The Morgan fingerprint density at radius 3 is 2.55 bits per heavy atom. The summed E-state index contributed by atoms with van der Waals surface area (Å²) in [6, 6.07) is 8.36. The van der Waals surface area contributed by atoms with Gasteiger partial charge in [0.2, 0.25) is 11.9 Å². The zero-order chi connectivity index (χ0) is 23.0. The Morgan fingerprint density at radius 2 is 1.82 bits per heavy atom. The fourth-order valence-corrected chi connectivity index (χ4v) is 5.57. The van der Waals surface area contributed by atoms with E-state index in [1.54, 1.807) is 7.11 Å². The first kappa shape index (κ1) is 21.9. The molecule has 0 aliphatic carbocycles. The maximum Gasteiger partial charge on any atom is 0.229 e.